The Morgan fingerprint density at radius 3 is 2.30 bits per heavy atom. The van der Waals surface area contributed by atoms with Gasteiger partial charge in [0.1, 0.15) is 0 Å². The second kappa shape index (κ2) is 9.25. The van der Waals surface area contributed by atoms with E-state index in [9.17, 15) is 9.59 Å². The molecule has 0 aliphatic heterocycles. The van der Waals surface area contributed by atoms with Gasteiger partial charge in [-0.2, -0.15) is 0 Å². The molecule has 0 atom stereocenters. The third-order valence-corrected chi connectivity index (χ3v) is 5.60. The first-order chi connectivity index (χ1) is 15.9. The van der Waals surface area contributed by atoms with Gasteiger partial charge in [-0.3, -0.25) is 4.79 Å². The molecule has 0 saturated heterocycles. The highest BCUT2D eigenvalue weighted by Gasteiger charge is 2.20. The SMILES string of the molecule is CCOC(=O)c1ccc(NC(=O)c2c(C)c(-c3ccccc3)nc3c(C)cc(C)cc23)cc1. The van der Waals surface area contributed by atoms with Gasteiger partial charge in [0.2, 0.25) is 0 Å². The lowest BCUT2D eigenvalue weighted by molar-refractivity contribution is 0.0526. The van der Waals surface area contributed by atoms with Crippen molar-refractivity contribution < 1.29 is 14.3 Å². The molecular formula is C28H26N2O3. The first-order valence-corrected chi connectivity index (χ1v) is 10.9. The molecular weight excluding hydrogens is 412 g/mol. The van der Waals surface area contributed by atoms with Crippen molar-refractivity contribution in [3.8, 4) is 11.3 Å². The summed E-state index contributed by atoms with van der Waals surface area (Å²) in [6.07, 6.45) is 0. The van der Waals surface area contributed by atoms with Crippen LogP contribution in [0.1, 0.15) is 44.3 Å². The van der Waals surface area contributed by atoms with Crippen LogP contribution >= 0.6 is 0 Å². The number of fused-ring (bicyclic) bond motifs is 1. The third-order valence-electron chi connectivity index (χ3n) is 5.60. The maximum Gasteiger partial charge on any atom is 0.338 e. The monoisotopic (exact) mass is 438 g/mol. The Labute approximate surface area is 193 Å². The van der Waals surface area contributed by atoms with Gasteiger partial charge in [0.25, 0.3) is 5.91 Å². The zero-order valence-electron chi connectivity index (χ0n) is 19.2. The molecule has 166 valence electrons. The Balaban J connectivity index is 1.79. The molecule has 33 heavy (non-hydrogen) atoms. The van der Waals surface area contributed by atoms with Crippen LogP contribution in [0.5, 0.6) is 0 Å². The number of amides is 1. The number of hydrogen-bond donors (Lipinski definition) is 1. The molecule has 1 heterocycles. The van der Waals surface area contributed by atoms with Gasteiger partial charge in [0.15, 0.2) is 0 Å². The lowest BCUT2D eigenvalue weighted by atomic mass is 9.94. The molecule has 1 amide bonds. The smallest absolute Gasteiger partial charge is 0.338 e. The number of rotatable bonds is 5. The molecule has 0 radical (unpaired) electrons. The first-order valence-electron chi connectivity index (χ1n) is 10.9. The van der Waals surface area contributed by atoms with E-state index in [1.54, 1.807) is 31.2 Å². The average molecular weight is 439 g/mol. The molecule has 5 nitrogen and oxygen atoms in total. The van der Waals surface area contributed by atoms with Gasteiger partial charge in [-0.15, -0.1) is 0 Å². The molecule has 5 heteroatoms. The van der Waals surface area contributed by atoms with Crippen LogP contribution < -0.4 is 5.32 Å². The quantitative estimate of drug-likeness (QED) is 0.374. The van der Waals surface area contributed by atoms with Gasteiger partial charge in [-0.05, 0) is 69.2 Å². The summed E-state index contributed by atoms with van der Waals surface area (Å²) in [6.45, 7) is 8.05. The standard InChI is InChI=1S/C28H26N2O3/c1-5-33-28(32)21-11-13-22(14-12-21)29-27(31)24-19(4)26(20-9-7-6-8-10-20)30-25-18(3)15-17(2)16-23(24)25/h6-16H,5H2,1-4H3,(H,29,31). The Hall–Kier alpha value is -3.99. The van der Waals surface area contributed by atoms with Gasteiger partial charge in [-0.25, -0.2) is 9.78 Å². The van der Waals surface area contributed by atoms with Gasteiger partial charge in [0.05, 0.1) is 28.9 Å². The van der Waals surface area contributed by atoms with Crippen LogP contribution in [0.25, 0.3) is 22.2 Å². The number of nitrogens with zero attached hydrogens (tertiary/aromatic N) is 1. The fourth-order valence-electron chi connectivity index (χ4n) is 4.08. The van der Waals surface area contributed by atoms with Crippen LogP contribution in [0.2, 0.25) is 0 Å². The number of pyridine rings is 1. The summed E-state index contributed by atoms with van der Waals surface area (Å²) in [5, 5.41) is 3.81. The summed E-state index contributed by atoms with van der Waals surface area (Å²) in [6, 6.07) is 20.7. The van der Waals surface area contributed by atoms with Crippen LogP contribution in [0.3, 0.4) is 0 Å². The number of anilines is 1. The predicted octanol–water partition coefficient (Wildman–Crippen LogP) is 6.26. The van der Waals surface area contributed by atoms with Crippen molar-refractivity contribution in [2.75, 3.05) is 11.9 Å². The van der Waals surface area contributed by atoms with Crippen molar-refractivity contribution >= 4 is 28.5 Å². The molecule has 0 fully saturated rings. The molecule has 0 aliphatic carbocycles. The predicted molar refractivity (Wildman–Crippen MR) is 132 cm³/mol. The van der Waals surface area contributed by atoms with E-state index in [0.717, 1.165) is 38.9 Å². The van der Waals surface area contributed by atoms with Crippen molar-refractivity contribution in [2.24, 2.45) is 0 Å². The molecule has 1 aromatic heterocycles. The van der Waals surface area contributed by atoms with Crippen LogP contribution in [0.15, 0.2) is 66.7 Å². The normalized spacial score (nSPS) is 10.8. The van der Waals surface area contributed by atoms with E-state index in [2.05, 4.69) is 11.4 Å². The third kappa shape index (κ3) is 4.48. The highest BCUT2D eigenvalue weighted by atomic mass is 16.5. The maximum absolute atomic E-state index is 13.5. The number of ether oxygens (including phenoxy) is 1. The first kappa shape index (κ1) is 22.2. The summed E-state index contributed by atoms with van der Waals surface area (Å²) >= 11 is 0. The molecule has 1 N–H and O–H groups in total. The van der Waals surface area contributed by atoms with Crippen LogP contribution in [-0.2, 0) is 4.74 Å². The molecule has 0 spiro atoms. The van der Waals surface area contributed by atoms with Gasteiger partial charge < -0.3 is 10.1 Å². The zero-order chi connectivity index (χ0) is 23.5. The number of hydrogen-bond acceptors (Lipinski definition) is 4. The van der Waals surface area contributed by atoms with Crippen molar-refractivity contribution in [1.29, 1.82) is 0 Å². The minimum Gasteiger partial charge on any atom is -0.462 e. The number of aryl methyl sites for hydroxylation is 2. The summed E-state index contributed by atoms with van der Waals surface area (Å²) in [5.74, 6) is -0.601. The second-order valence-electron chi connectivity index (χ2n) is 8.06. The number of aromatic nitrogens is 1. The van der Waals surface area contributed by atoms with Crippen molar-refractivity contribution in [3.63, 3.8) is 0 Å². The maximum atomic E-state index is 13.5. The molecule has 0 bridgehead atoms. The fourth-order valence-corrected chi connectivity index (χ4v) is 4.08. The fraction of sp³-hybridized carbons (Fsp3) is 0.179. The van der Waals surface area contributed by atoms with Crippen LogP contribution in [0, 0.1) is 20.8 Å². The highest BCUT2D eigenvalue weighted by Crippen LogP contribution is 2.32. The van der Waals surface area contributed by atoms with E-state index in [4.69, 9.17) is 9.72 Å². The average Bonchev–Trinajstić information content (AvgIpc) is 2.79. The Morgan fingerprint density at radius 1 is 0.939 bits per heavy atom. The zero-order valence-corrected chi connectivity index (χ0v) is 19.2. The summed E-state index contributed by atoms with van der Waals surface area (Å²) in [7, 11) is 0. The summed E-state index contributed by atoms with van der Waals surface area (Å²) < 4.78 is 5.03. The topological polar surface area (TPSA) is 68.3 Å². The Kier molecular flexibility index (Phi) is 6.22. The van der Waals surface area contributed by atoms with Crippen molar-refractivity contribution in [2.45, 2.75) is 27.7 Å². The minimum atomic E-state index is -0.384. The molecule has 0 unspecified atom stereocenters. The van der Waals surface area contributed by atoms with Gasteiger partial charge >= 0.3 is 5.97 Å². The van der Waals surface area contributed by atoms with Gasteiger partial charge in [0, 0.05) is 16.6 Å². The number of carbonyl (C=O) groups is 2. The number of esters is 1. The van der Waals surface area contributed by atoms with Crippen molar-refractivity contribution in [1.82, 2.24) is 4.98 Å². The van der Waals surface area contributed by atoms with E-state index in [-0.39, 0.29) is 11.9 Å². The lowest BCUT2D eigenvalue weighted by Gasteiger charge is -2.17. The lowest BCUT2D eigenvalue weighted by Crippen LogP contribution is -2.16. The van der Waals surface area contributed by atoms with E-state index < -0.39 is 0 Å². The van der Waals surface area contributed by atoms with E-state index in [1.165, 1.54) is 0 Å². The van der Waals surface area contributed by atoms with E-state index >= 15 is 0 Å². The number of benzene rings is 3. The van der Waals surface area contributed by atoms with Gasteiger partial charge in [-0.1, -0.05) is 42.0 Å². The summed E-state index contributed by atoms with van der Waals surface area (Å²) in [5.41, 5.74) is 7.12. The van der Waals surface area contributed by atoms with E-state index in [0.29, 0.717) is 23.4 Å². The largest absolute Gasteiger partial charge is 0.462 e. The molecule has 4 aromatic rings. The highest BCUT2D eigenvalue weighted by molar-refractivity contribution is 6.15. The Morgan fingerprint density at radius 2 is 1.64 bits per heavy atom. The Bertz CT molecular complexity index is 1340. The molecule has 4 rings (SSSR count). The summed E-state index contributed by atoms with van der Waals surface area (Å²) in [4.78, 5) is 30.4. The van der Waals surface area contributed by atoms with Crippen LogP contribution in [-0.4, -0.2) is 23.5 Å². The van der Waals surface area contributed by atoms with Crippen molar-refractivity contribution in [3.05, 3.63) is 94.5 Å². The number of nitrogens with one attached hydrogen (secondary N) is 1. The minimum absolute atomic E-state index is 0.217. The second-order valence-corrected chi connectivity index (χ2v) is 8.06. The van der Waals surface area contributed by atoms with E-state index in [1.807, 2.05) is 57.2 Å². The molecule has 3 aromatic carbocycles. The number of carbonyl (C=O) groups excluding carboxylic acids is 2. The molecule has 0 saturated carbocycles. The van der Waals surface area contributed by atoms with Crippen LogP contribution in [0.4, 0.5) is 5.69 Å². The molecule has 0 aliphatic rings.